The van der Waals surface area contributed by atoms with Crippen LogP contribution in [0.2, 0.25) is 0 Å². The minimum Gasteiger partial charge on any atom is -0.294 e. The Balaban J connectivity index is 2.58. The summed E-state index contributed by atoms with van der Waals surface area (Å²) < 4.78 is 13.8. The smallest absolute Gasteiger partial charge is 0.163 e. The number of hydrogen-bond acceptors (Lipinski definition) is 1. The van der Waals surface area contributed by atoms with Crippen LogP contribution in [-0.4, -0.2) is 5.78 Å². The first kappa shape index (κ1) is 9.84. The van der Waals surface area contributed by atoms with Crippen molar-refractivity contribution in [3.05, 3.63) is 33.5 Å². The predicted molar refractivity (Wildman–Crippen MR) is 56.0 cm³/mol. The van der Waals surface area contributed by atoms with Crippen LogP contribution >= 0.6 is 15.9 Å². The number of carbonyl (C=O) groups excluding carboxylic acids is 1. The molecule has 0 amide bonds. The summed E-state index contributed by atoms with van der Waals surface area (Å²) in [6, 6.07) is 2.78. The van der Waals surface area contributed by atoms with Crippen molar-refractivity contribution >= 4 is 21.7 Å². The van der Waals surface area contributed by atoms with Crippen LogP contribution in [0.4, 0.5) is 4.39 Å². The molecule has 0 radical (unpaired) electrons. The van der Waals surface area contributed by atoms with Crippen molar-refractivity contribution in [2.75, 3.05) is 0 Å². The Labute approximate surface area is 90.4 Å². The average molecular weight is 257 g/mol. The zero-order valence-corrected chi connectivity index (χ0v) is 9.23. The van der Waals surface area contributed by atoms with Crippen molar-refractivity contribution in [2.24, 2.45) is 0 Å². The van der Waals surface area contributed by atoms with Gasteiger partial charge < -0.3 is 0 Å². The fourth-order valence-electron chi connectivity index (χ4n) is 1.83. The summed E-state index contributed by atoms with van der Waals surface area (Å²) in [6.45, 7) is 0. The highest BCUT2D eigenvalue weighted by Crippen LogP contribution is 2.28. The molecule has 0 heterocycles. The maximum atomic E-state index is 13.1. The molecule has 0 saturated carbocycles. The van der Waals surface area contributed by atoms with Gasteiger partial charge >= 0.3 is 0 Å². The molecule has 0 aliphatic heterocycles. The molecule has 1 aliphatic rings. The number of hydrogen-bond donors (Lipinski definition) is 0. The fraction of sp³-hybridized carbons (Fsp3) is 0.364. The lowest BCUT2D eigenvalue weighted by atomic mass is 10.0. The zero-order chi connectivity index (χ0) is 10.1. The SMILES string of the molecule is O=C1CCCCc2c(Br)cc(F)cc21. The second kappa shape index (κ2) is 3.81. The van der Waals surface area contributed by atoms with E-state index in [4.69, 9.17) is 0 Å². The second-order valence-electron chi connectivity index (χ2n) is 3.54. The number of carbonyl (C=O) groups is 1. The summed E-state index contributed by atoms with van der Waals surface area (Å²) in [4.78, 5) is 11.6. The van der Waals surface area contributed by atoms with Crippen LogP contribution in [0.3, 0.4) is 0 Å². The first-order valence-corrected chi connectivity index (χ1v) is 5.49. The Morgan fingerprint density at radius 3 is 2.71 bits per heavy atom. The van der Waals surface area contributed by atoms with Crippen LogP contribution in [0.25, 0.3) is 0 Å². The molecular formula is C11H10BrFO. The first-order valence-electron chi connectivity index (χ1n) is 4.69. The van der Waals surface area contributed by atoms with Gasteiger partial charge in [-0.3, -0.25) is 4.79 Å². The van der Waals surface area contributed by atoms with Gasteiger partial charge in [0.1, 0.15) is 5.82 Å². The highest BCUT2D eigenvalue weighted by Gasteiger charge is 2.18. The molecule has 74 valence electrons. The summed E-state index contributed by atoms with van der Waals surface area (Å²) in [5.74, 6) is -0.274. The van der Waals surface area contributed by atoms with Gasteiger partial charge in [-0.2, -0.15) is 0 Å². The van der Waals surface area contributed by atoms with Gasteiger partial charge in [-0.15, -0.1) is 0 Å². The van der Waals surface area contributed by atoms with Crippen LogP contribution in [0.15, 0.2) is 16.6 Å². The highest BCUT2D eigenvalue weighted by molar-refractivity contribution is 9.10. The van der Waals surface area contributed by atoms with E-state index in [1.807, 2.05) is 0 Å². The normalized spacial score (nSPS) is 16.3. The van der Waals surface area contributed by atoms with Gasteiger partial charge in [0.2, 0.25) is 0 Å². The molecule has 0 N–H and O–H groups in total. The van der Waals surface area contributed by atoms with Crippen LogP contribution in [0, 0.1) is 5.82 Å². The van der Waals surface area contributed by atoms with Crippen molar-refractivity contribution in [1.82, 2.24) is 0 Å². The fourth-order valence-corrected chi connectivity index (χ4v) is 2.46. The van der Waals surface area contributed by atoms with E-state index in [9.17, 15) is 9.18 Å². The minimum absolute atomic E-state index is 0.0673. The Hall–Kier alpha value is -0.700. The van der Waals surface area contributed by atoms with E-state index in [0.717, 1.165) is 29.3 Å². The van der Waals surface area contributed by atoms with Crippen LogP contribution in [0.1, 0.15) is 35.2 Å². The molecule has 14 heavy (non-hydrogen) atoms. The summed E-state index contributed by atoms with van der Waals surface area (Å²) in [7, 11) is 0. The van der Waals surface area contributed by atoms with E-state index in [0.29, 0.717) is 12.0 Å². The molecular weight excluding hydrogens is 247 g/mol. The Bertz CT molecular complexity index is 387. The van der Waals surface area contributed by atoms with Crippen molar-refractivity contribution in [3.8, 4) is 0 Å². The first-order chi connectivity index (χ1) is 6.68. The third-order valence-electron chi connectivity index (χ3n) is 2.54. The molecule has 0 aromatic heterocycles. The zero-order valence-electron chi connectivity index (χ0n) is 7.65. The molecule has 0 atom stereocenters. The van der Waals surface area contributed by atoms with Crippen LogP contribution in [0.5, 0.6) is 0 Å². The molecule has 0 unspecified atom stereocenters. The number of ketones is 1. The van der Waals surface area contributed by atoms with Crippen LogP contribution < -0.4 is 0 Å². The molecule has 3 heteroatoms. The van der Waals surface area contributed by atoms with E-state index in [1.165, 1.54) is 12.1 Å². The van der Waals surface area contributed by atoms with Crippen LogP contribution in [-0.2, 0) is 6.42 Å². The lowest BCUT2D eigenvalue weighted by Gasteiger charge is -2.06. The Kier molecular flexibility index (Phi) is 2.68. The highest BCUT2D eigenvalue weighted by atomic mass is 79.9. The summed E-state index contributed by atoms with van der Waals surface area (Å²) >= 11 is 3.30. The third-order valence-corrected chi connectivity index (χ3v) is 3.25. The van der Waals surface area contributed by atoms with Gasteiger partial charge in [-0.1, -0.05) is 15.9 Å². The number of fused-ring (bicyclic) bond motifs is 1. The lowest BCUT2D eigenvalue weighted by Crippen LogP contribution is -2.01. The van der Waals surface area contributed by atoms with Gasteiger partial charge in [-0.05, 0) is 37.0 Å². The van der Waals surface area contributed by atoms with Crippen molar-refractivity contribution in [3.63, 3.8) is 0 Å². The Morgan fingerprint density at radius 2 is 1.93 bits per heavy atom. The maximum Gasteiger partial charge on any atom is 0.163 e. The van der Waals surface area contributed by atoms with Crippen molar-refractivity contribution < 1.29 is 9.18 Å². The topological polar surface area (TPSA) is 17.1 Å². The predicted octanol–water partition coefficient (Wildman–Crippen LogP) is 3.50. The monoisotopic (exact) mass is 256 g/mol. The number of Topliss-reactive ketones (excluding diaryl/α,β-unsaturated/α-hetero) is 1. The van der Waals surface area contributed by atoms with Gasteiger partial charge in [0.25, 0.3) is 0 Å². The largest absolute Gasteiger partial charge is 0.294 e. The lowest BCUT2D eigenvalue weighted by molar-refractivity contribution is 0.0981. The molecule has 1 nitrogen and oxygen atoms in total. The van der Waals surface area contributed by atoms with E-state index in [-0.39, 0.29) is 11.6 Å². The quantitative estimate of drug-likeness (QED) is 0.650. The molecule has 2 rings (SSSR count). The van der Waals surface area contributed by atoms with Crippen molar-refractivity contribution in [1.29, 1.82) is 0 Å². The molecule has 1 aromatic rings. The summed E-state index contributed by atoms with van der Waals surface area (Å²) in [5, 5.41) is 0. The van der Waals surface area contributed by atoms with Gasteiger partial charge in [0.15, 0.2) is 5.78 Å². The van der Waals surface area contributed by atoms with Gasteiger partial charge in [-0.25, -0.2) is 4.39 Å². The van der Waals surface area contributed by atoms with E-state index in [1.54, 1.807) is 0 Å². The molecule has 0 spiro atoms. The number of benzene rings is 1. The molecule has 1 aliphatic carbocycles. The summed E-state index contributed by atoms with van der Waals surface area (Å²) in [6.07, 6.45) is 3.31. The maximum absolute atomic E-state index is 13.1. The number of rotatable bonds is 0. The van der Waals surface area contributed by atoms with E-state index in [2.05, 4.69) is 15.9 Å². The van der Waals surface area contributed by atoms with E-state index >= 15 is 0 Å². The van der Waals surface area contributed by atoms with Crippen molar-refractivity contribution in [2.45, 2.75) is 25.7 Å². The second-order valence-corrected chi connectivity index (χ2v) is 4.40. The van der Waals surface area contributed by atoms with Gasteiger partial charge in [0.05, 0.1) is 0 Å². The molecule has 0 fully saturated rings. The third kappa shape index (κ3) is 1.73. The number of halogens is 2. The summed E-state index contributed by atoms with van der Waals surface area (Å²) in [5.41, 5.74) is 1.53. The molecule has 0 saturated heterocycles. The van der Waals surface area contributed by atoms with E-state index < -0.39 is 0 Å². The van der Waals surface area contributed by atoms with Gasteiger partial charge in [0, 0.05) is 16.5 Å². The molecule has 1 aromatic carbocycles. The average Bonchev–Trinajstić information content (AvgIpc) is 2.29. The minimum atomic E-state index is -0.342. The Morgan fingerprint density at radius 1 is 1.21 bits per heavy atom. The molecule has 0 bridgehead atoms. The standard InChI is InChI=1S/C11H10BrFO/c12-10-6-7(13)5-9-8(10)3-1-2-4-11(9)14/h5-6H,1-4H2.